The van der Waals surface area contributed by atoms with E-state index in [9.17, 15) is 13.2 Å². The minimum absolute atomic E-state index is 0.0535. The smallest absolute Gasteiger partial charge is 0.264 e. The zero-order valence-electron chi connectivity index (χ0n) is 22.9. The van der Waals surface area contributed by atoms with Crippen LogP contribution in [0.15, 0.2) is 83.8 Å². The second-order valence-corrected chi connectivity index (χ2v) is 12.2. The summed E-state index contributed by atoms with van der Waals surface area (Å²) in [6, 6.07) is 23.5. The summed E-state index contributed by atoms with van der Waals surface area (Å²) in [7, 11) is -4.09. The summed E-state index contributed by atoms with van der Waals surface area (Å²) in [6.07, 6.45) is 0.215. The number of aromatic nitrogens is 2. The highest BCUT2D eigenvalue weighted by molar-refractivity contribution is 7.92. The van der Waals surface area contributed by atoms with Crippen LogP contribution in [0.5, 0.6) is 5.88 Å². The summed E-state index contributed by atoms with van der Waals surface area (Å²) in [5.74, 6) is -0.227. The molecule has 0 spiro atoms. The van der Waals surface area contributed by atoms with Crippen LogP contribution in [-0.4, -0.2) is 54.4 Å². The molecule has 1 aromatic heterocycles. The van der Waals surface area contributed by atoms with Crippen LogP contribution in [0, 0.1) is 13.8 Å². The van der Waals surface area contributed by atoms with Gasteiger partial charge in [0, 0.05) is 36.8 Å². The largest absolute Gasteiger partial charge is 0.471 e. The van der Waals surface area contributed by atoms with Crippen molar-refractivity contribution in [3.8, 4) is 17.1 Å². The Hall–Kier alpha value is -4.28. The highest BCUT2D eigenvalue weighted by Gasteiger charge is 2.34. The molecule has 2 aliphatic heterocycles. The molecule has 1 fully saturated rings. The number of fused-ring (bicyclic) bond motifs is 5. The zero-order chi connectivity index (χ0) is 28.6. The summed E-state index contributed by atoms with van der Waals surface area (Å²) in [5.41, 5.74) is 4.85. The Morgan fingerprint density at radius 1 is 0.951 bits per heavy atom. The Balaban J connectivity index is 1.44. The lowest BCUT2D eigenvalue weighted by molar-refractivity contribution is 0.0469. The molecule has 10 heteroatoms. The fourth-order valence-corrected chi connectivity index (χ4v) is 6.51. The number of nitrogens with zero attached hydrogens (tertiary/aromatic N) is 3. The van der Waals surface area contributed by atoms with E-state index < -0.39 is 16.1 Å². The van der Waals surface area contributed by atoms with Crippen molar-refractivity contribution in [1.29, 1.82) is 0 Å². The van der Waals surface area contributed by atoms with Crippen LogP contribution in [0.2, 0.25) is 0 Å². The van der Waals surface area contributed by atoms with Crippen molar-refractivity contribution in [2.24, 2.45) is 0 Å². The van der Waals surface area contributed by atoms with E-state index in [4.69, 9.17) is 4.74 Å². The molecule has 41 heavy (non-hydrogen) atoms. The number of carbonyl (C=O) groups is 1. The fourth-order valence-electron chi connectivity index (χ4n) is 5.52. The van der Waals surface area contributed by atoms with Crippen molar-refractivity contribution in [2.45, 2.75) is 43.9 Å². The number of hydrogen-bond donors (Lipinski definition) is 2. The minimum Gasteiger partial charge on any atom is -0.471 e. The number of rotatable bonds is 3. The molecule has 2 atom stereocenters. The lowest BCUT2D eigenvalue weighted by Crippen LogP contribution is -2.56. The Kier molecular flexibility index (Phi) is 7.19. The van der Waals surface area contributed by atoms with E-state index in [2.05, 4.69) is 37.0 Å². The Bertz CT molecular complexity index is 1690. The molecular formula is C31H31N5O4S. The Morgan fingerprint density at radius 3 is 2.49 bits per heavy atom. The monoisotopic (exact) mass is 569 g/mol. The van der Waals surface area contributed by atoms with Gasteiger partial charge in [-0.15, -0.1) is 0 Å². The number of aryl methyl sites for hydroxylation is 2. The van der Waals surface area contributed by atoms with Gasteiger partial charge in [-0.05, 0) is 55.2 Å². The van der Waals surface area contributed by atoms with Gasteiger partial charge < -0.3 is 10.1 Å². The normalized spacial score (nSPS) is 20.2. The third-order valence-electron chi connectivity index (χ3n) is 7.55. The molecule has 0 aliphatic carbocycles. The molecule has 6 rings (SSSR count). The van der Waals surface area contributed by atoms with Crippen LogP contribution in [0.1, 0.15) is 33.5 Å². The molecular weight excluding hydrogens is 538 g/mol. The van der Waals surface area contributed by atoms with Gasteiger partial charge in [0.1, 0.15) is 6.10 Å². The van der Waals surface area contributed by atoms with Gasteiger partial charge in [0.05, 0.1) is 16.6 Å². The zero-order valence-corrected chi connectivity index (χ0v) is 23.7. The van der Waals surface area contributed by atoms with Gasteiger partial charge in [0.2, 0.25) is 11.8 Å². The third kappa shape index (κ3) is 5.79. The summed E-state index contributed by atoms with van der Waals surface area (Å²) in [5, 5.41) is 3.10. The lowest BCUT2D eigenvalue weighted by Gasteiger charge is -2.38. The fraction of sp³-hybridized carbons (Fsp3) is 0.258. The lowest BCUT2D eigenvalue weighted by atomic mass is 9.99. The van der Waals surface area contributed by atoms with Crippen LogP contribution in [0.4, 0.5) is 5.95 Å². The molecule has 3 aromatic carbocycles. The Morgan fingerprint density at radius 2 is 1.71 bits per heavy atom. The molecule has 0 radical (unpaired) electrons. The summed E-state index contributed by atoms with van der Waals surface area (Å²) in [6.45, 7) is 6.02. The number of piperidine rings is 1. The molecule has 1 saturated heterocycles. The maximum Gasteiger partial charge on any atom is 0.264 e. The first kappa shape index (κ1) is 26.9. The van der Waals surface area contributed by atoms with Crippen LogP contribution in [0.25, 0.3) is 11.3 Å². The molecule has 210 valence electrons. The van der Waals surface area contributed by atoms with E-state index in [1.807, 2.05) is 50.2 Å². The van der Waals surface area contributed by atoms with Crippen molar-refractivity contribution < 1.29 is 17.9 Å². The SMILES string of the molecule is Cc1cccc(C)c1-c1cc2nc(n1)NS(=O)(=O)c1cccc(c1)C(=O)N[C@H]1CCN(Cc3ccccc3)C[C@H]1O2. The standard InChI is InChI=1S/C31H31N5O4S/c1-20-8-6-9-21(2)29(20)26-17-28-34-31(33-26)35-41(38,39)24-13-7-12-23(16-24)30(37)32-25-14-15-36(19-27(25)40-28)18-22-10-4-3-5-11-22/h3-13,16-17,25,27H,14-15,18-19H2,1-2H3,(H,32,37)(H,33,34,35)/t25-,27+/m0/s1. The summed E-state index contributed by atoms with van der Waals surface area (Å²) >= 11 is 0. The van der Waals surface area contributed by atoms with Crippen molar-refractivity contribution in [3.05, 3.63) is 101 Å². The second-order valence-electron chi connectivity index (χ2n) is 10.6. The van der Waals surface area contributed by atoms with Gasteiger partial charge >= 0.3 is 0 Å². The maximum absolute atomic E-state index is 13.4. The van der Waals surface area contributed by atoms with Crippen LogP contribution < -0.4 is 14.8 Å². The maximum atomic E-state index is 13.4. The average molecular weight is 570 g/mol. The van der Waals surface area contributed by atoms with Crippen molar-refractivity contribution >= 4 is 21.9 Å². The number of likely N-dealkylation sites (tertiary alicyclic amines) is 1. The van der Waals surface area contributed by atoms with Crippen molar-refractivity contribution in [3.63, 3.8) is 0 Å². The quantitative estimate of drug-likeness (QED) is 0.378. The molecule has 9 nitrogen and oxygen atoms in total. The highest BCUT2D eigenvalue weighted by atomic mass is 32.2. The van der Waals surface area contributed by atoms with Gasteiger partial charge in [0.15, 0.2) is 0 Å². The molecule has 1 amide bonds. The molecule has 2 aliphatic rings. The number of ether oxygens (including phenoxy) is 1. The second kappa shape index (κ2) is 10.9. The van der Waals surface area contributed by atoms with E-state index in [1.165, 1.54) is 17.7 Å². The number of hydrogen-bond acceptors (Lipinski definition) is 7. The number of benzene rings is 3. The van der Waals surface area contributed by atoms with E-state index in [0.717, 1.165) is 29.8 Å². The highest BCUT2D eigenvalue weighted by Crippen LogP contribution is 2.31. The number of sulfonamides is 1. The predicted molar refractivity (Wildman–Crippen MR) is 156 cm³/mol. The Labute approximate surface area is 239 Å². The summed E-state index contributed by atoms with van der Waals surface area (Å²) in [4.78, 5) is 24.6. The molecule has 4 bridgehead atoms. The first-order valence-electron chi connectivity index (χ1n) is 13.6. The predicted octanol–water partition coefficient (Wildman–Crippen LogP) is 4.33. The molecule has 0 saturated carbocycles. The van der Waals surface area contributed by atoms with E-state index in [1.54, 1.807) is 18.2 Å². The van der Waals surface area contributed by atoms with Crippen LogP contribution >= 0.6 is 0 Å². The summed E-state index contributed by atoms with van der Waals surface area (Å²) < 4.78 is 35.7. The van der Waals surface area contributed by atoms with Crippen LogP contribution in [0.3, 0.4) is 0 Å². The van der Waals surface area contributed by atoms with Gasteiger partial charge in [0.25, 0.3) is 15.9 Å². The number of amides is 1. The first-order chi connectivity index (χ1) is 19.7. The van der Waals surface area contributed by atoms with E-state index in [0.29, 0.717) is 18.7 Å². The number of carbonyl (C=O) groups excluding carboxylic acids is 1. The topological polar surface area (TPSA) is 114 Å². The number of nitrogens with one attached hydrogen (secondary N) is 2. The number of anilines is 1. The minimum atomic E-state index is -4.09. The van der Waals surface area contributed by atoms with Crippen LogP contribution in [-0.2, 0) is 16.6 Å². The van der Waals surface area contributed by atoms with Gasteiger partial charge in [-0.3, -0.25) is 9.69 Å². The molecule has 2 N–H and O–H groups in total. The molecule has 4 aromatic rings. The third-order valence-corrected chi connectivity index (χ3v) is 8.88. The van der Waals surface area contributed by atoms with Gasteiger partial charge in [-0.1, -0.05) is 54.6 Å². The molecule has 0 unspecified atom stereocenters. The van der Waals surface area contributed by atoms with Gasteiger partial charge in [-0.2, -0.15) is 4.98 Å². The van der Waals surface area contributed by atoms with E-state index >= 15 is 0 Å². The molecule has 3 heterocycles. The van der Waals surface area contributed by atoms with E-state index in [-0.39, 0.29) is 34.2 Å². The average Bonchev–Trinajstić information content (AvgIpc) is 2.94. The van der Waals surface area contributed by atoms with Crippen molar-refractivity contribution in [1.82, 2.24) is 20.2 Å². The van der Waals surface area contributed by atoms with Crippen molar-refractivity contribution in [2.75, 3.05) is 17.8 Å². The van der Waals surface area contributed by atoms with Gasteiger partial charge in [-0.25, -0.2) is 18.1 Å². The first-order valence-corrected chi connectivity index (χ1v) is 15.1.